The van der Waals surface area contributed by atoms with Crippen LogP contribution in [0.3, 0.4) is 0 Å². The molecule has 2 aromatic heterocycles. The molecule has 3 aromatic rings. The van der Waals surface area contributed by atoms with Gasteiger partial charge in [0.05, 0.1) is 0 Å². The first-order valence-electron chi connectivity index (χ1n) is 11.6. The summed E-state index contributed by atoms with van der Waals surface area (Å²) in [4.78, 5) is 20.4. The van der Waals surface area contributed by atoms with Crippen molar-refractivity contribution >= 4 is 28.1 Å². The zero-order valence-corrected chi connectivity index (χ0v) is 18.9. The fourth-order valence-electron chi connectivity index (χ4n) is 6.07. The van der Waals surface area contributed by atoms with Gasteiger partial charge in [0.15, 0.2) is 0 Å². The number of piperidine rings is 1. The van der Waals surface area contributed by atoms with Crippen molar-refractivity contribution in [3.8, 4) is 10.4 Å². The number of H-pyrrole nitrogens is 1. The molecule has 1 amide bonds. The zero-order chi connectivity index (χ0) is 20.7. The zero-order valence-electron chi connectivity index (χ0n) is 18.1. The predicted molar refractivity (Wildman–Crippen MR) is 126 cm³/mol. The smallest absolute Gasteiger partial charge is 0.223 e. The van der Waals surface area contributed by atoms with E-state index in [4.69, 9.17) is 0 Å². The number of likely N-dealkylation sites (tertiary alicyclic amines) is 1. The Hall–Kier alpha value is -2.07. The van der Waals surface area contributed by atoms with E-state index in [1.54, 1.807) is 11.3 Å². The van der Waals surface area contributed by atoms with Gasteiger partial charge in [-0.3, -0.25) is 4.79 Å². The number of aryl methyl sites for hydroxylation is 1. The summed E-state index contributed by atoms with van der Waals surface area (Å²) in [5, 5.41) is 3.41. The summed E-state index contributed by atoms with van der Waals surface area (Å²) in [6.45, 7) is 4.65. The van der Waals surface area contributed by atoms with Gasteiger partial charge >= 0.3 is 0 Å². The maximum absolute atomic E-state index is 13.4. The molecule has 0 bridgehead atoms. The van der Waals surface area contributed by atoms with Gasteiger partial charge in [-0.1, -0.05) is 38.0 Å². The van der Waals surface area contributed by atoms with Gasteiger partial charge in [0.1, 0.15) is 0 Å². The molecule has 1 aliphatic carbocycles. The molecule has 1 aromatic carbocycles. The van der Waals surface area contributed by atoms with Crippen LogP contribution in [0, 0.1) is 11.8 Å². The highest BCUT2D eigenvalue weighted by atomic mass is 32.1. The molecule has 3 heterocycles. The van der Waals surface area contributed by atoms with Crippen molar-refractivity contribution in [3.05, 3.63) is 47.5 Å². The third-order valence-corrected chi connectivity index (χ3v) is 8.51. The molecule has 1 aliphatic heterocycles. The molecular weight excluding hydrogens is 388 g/mol. The first-order valence-corrected chi connectivity index (χ1v) is 12.5. The Balaban J connectivity index is 1.37. The summed E-state index contributed by atoms with van der Waals surface area (Å²) in [6, 6.07) is 11.6. The van der Waals surface area contributed by atoms with E-state index in [0.29, 0.717) is 30.3 Å². The average Bonchev–Trinajstić information content (AvgIpc) is 3.42. The van der Waals surface area contributed by atoms with E-state index in [-0.39, 0.29) is 0 Å². The summed E-state index contributed by atoms with van der Waals surface area (Å²) in [7, 11) is 0. The number of nitrogens with one attached hydrogen (secondary N) is 1. The highest BCUT2D eigenvalue weighted by Crippen LogP contribution is 2.41. The number of carbonyl (C=O) groups excluding carboxylic acids is 1. The minimum absolute atomic E-state index is 0.356. The van der Waals surface area contributed by atoms with Crippen LogP contribution >= 0.6 is 11.3 Å². The minimum atomic E-state index is 0.356. The number of hydrogen-bond acceptors (Lipinski definition) is 2. The molecule has 4 atom stereocenters. The summed E-state index contributed by atoms with van der Waals surface area (Å²) in [5.41, 5.74) is 3.70. The Labute approximate surface area is 183 Å². The van der Waals surface area contributed by atoms with E-state index >= 15 is 0 Å². The second-order valence-corrected chi connectivity index (χ2v) is 10.3. The second kappa shape index (κ2) is 8.22. The highest BCUT2D eigenvalue weighted by Gasteiger charge is 2.41. The number of aromatic nitrogens is 1. The van der Waals surface area contributed by atoms with E-state index in [1.165, 1.54) is 47.1 Å². The van der Waals surface area contributed by atoms with Crippen LogP contribution in [0.15, 0.2) is 41.9 Å². The molecule has 0 spiro atoms. The van der Waals surface area contributed by atoms with Gasteiger partial charge < -0.3 is 9.88 Å². The Morgan fingerprint density at radius 2 is 2.03 bits per heavy atom. The molecule has 2 fully saturated rings. The number of rotatable bonds is 4. The minimum Gasteiger partial charge on any atom is -0.361 e. The summed E-state index contributed by atoms with van der Waals surface area (Å²) >= 11 is 1.77. The fourth-order valence-corrected chi connectivity index (χ4v) is 6.83. The maximum atomic E-state index is 13.4. The van der Waals surface area contributed by atoms with Crippen molar-refractivity contribution < 1.29 is 4.79 Å². The Morgan fingerprint density at radius 3 is 2.87 bits per heavy atom. The van der Waals surface area contributed by atoms with Crippen LogP contribution in [0.5, 0.6) is 0 Å². The fraction of sp³-hybridized carbons (Fsp3) is 0.500. The number of hydrogen-bond donors (Lipinski definition) is 1. The number of nitrogens with zero attached hydrogens (tertiary/aromatic N) is 1. The normalized spacial score (nSPS) is 26.7. The van der Waals surface area contributed by atoms with Crippen molar-refractivity contribution in [2.24, 2.45) is 11.8 Å². The lowest BCUT2D eigenvalue weighted by Crippen LogP contribution is -2.55. The molecule has 5 rings (SSSR count). The Kier molecular flexibility index (Phi) is 5.44. The van der Waals surface area contributed by atoms with Crippen molar-refractivity contribution in [1.29, 1.82) is 0 Å². The third kappa shape index (κ3) is 3.49. The van der Waals surface area contributed by atoms with E-state index < -0.39 is 0 Å². The van der Waals surface area contributed by atoms with E-state index in [0.717, 1.165) is 24.3 Å². The van der Waals surface area contributed by atoms with E-state index in [1.807, 2.05) is 0 Å². The van der Waals surface area contributed by atoms with Gasteiger partial charge in [-0.25, -0.2) is 0 Å². The lowest BCUT2D eigenvalue weighted by atomic mass is 9.70. The van der Waals surface area contributed by atoms with E-state index in [2.05, 4.69) is 65.6 Å². The van der Waals surface area contributed by atoms with Crippen LogP contribution in [-0.2, 0) is 11.2 Å². The van der Waals surface area contributed by atoms with Gasteiger partial charge in [0, 0.05) is 46.0 Å². The van der Waals surface area contributed by atoms with Crippen LogP contribution in [0.4, 0.5) is 0 Å². The second-order valence-electron chi connectivity index (χ2n) is 9.39. The molecule has 4 heteroatoms. The van der Waals surface area contributed by atoms with Gasteiger partial charge in [-0.05, 0) is 67.5 Å². The van der Waals surface area contributed by atoms with Crippen molar-refractivity contribution in [2.45, 2.75) is 70.9 Å². The summed E-state index contributed by atoms with van der Waals surface area (Å²) < 4.78 is 0. The molecule has 1 saturated carbocycles. The van der Waals surface area contributed by atoms with Gasteiger partial charge in [-0.15, -0.1) is 11.3 Å². The number of amides is 1. The van der Waals surface area contributed by atoms with Gasteiger partial charge in [-0.2, -0.15) is 0 Å². The molecule has 3 nitrogen and oxygen atoms in total. The van der Waals surface area contributed by atoms with Crippen molar-refractivity contribution in [1.82, 2.24) is 9.88 Å². The standard InChI is InChI=1S/C26H32N2OS/c1-17-6-3-9-23-20(17)13-11-18(2)28(23)25(29)14-12-19-16-27-22-8-4-7-21(26(19)22)24-10-5-15-30-24/h4-5,7-8,10,15-18,20,23,27H,3,6,9,11-14H2,1-2H3. The van der Waals surface area contributed by atoms with Crippen molar-refractivity contribution in [2.75, 3.05) is 0 Å². The largest absolute Gasteiger partial charge is 0.361 e. The molecule has 158 valence electrons. The molecule has 4 unspecified atom stereocenters. The summed E-state index contributed by atoms with van der Waals surface area (Å²) in [6.07, 6.45) is 9.77. The van der Waals surface area contributed by atoms with Crippen LogP contribution in [0.2, 0.25) is 0 Å². The first-order chi connectivity index (χ1) is 14.6. The molecule has 1 saturated heterocycles. The average molecular weight is 421 g/mol. The first kappa shape index (κ1) is 19.9. The van der Waals surface area contributed by atoms with Crippen LogP contribution < -0.4 is 0 Å². The van der Waals surface area contributed by atoms with Gasteiger partial charge in [0.2, 0.25) is 5.91 Å². The van der Waals surface area contributed by atoms with Crippen LogP contribution in [0.25, 0.3) is 21.3 Å². The Bertz CT molecular complexity index is 1020. The molecule has 2 aliphatic rings. The topological polar surface area (TPSA) is 36.1 Å². The summed E-state index contributed by atoms with van der Waals surface area (Å²) in [5.74, 6) is 1.82. The highest BCUT2D eigenvalue weighted by molar-refractivity contribution is 7.13. The number of thiophene rings is 1. The lowest BCUT2D eigenvalue weighted by Gasteiger charge is -2.50. The number of benzene rings is 1. The Morgan fingerprint density at radius 1 is 1.13 bits per heavy atom. The van der Waals surface area contributed by atoms with Crippen LogP contribution in [-0.4, -0.2) is 27.9 Å². The quantitative estimate of drug-likeness (QED) is 0.504. The monoisotopic (exact) mass is 420 g/mol. The van der Waals surface area contributed by atoms with Crippen molar-refractivity contribution in [3.63, 3.8) is 0 Å². The molecule has 30 heavy (non-hydrogen) atoms. The van der Waals surface area contributed by atoms with Crippen LogP contribution in [0.1, 0.15) is 57.9 Å². The molecular formula is C26H32N2OS. The van der Waals surface area contributed by atoms with Gasteiger partial charge in [0.25, 0.3) is 0 Å². The SMILES string of the molecule is CC1CCCC2C1CCC(C)N2C(=O)CCc1c[nH]c2cccc(-c3cccs3)c12. The van der Waals surface area contributed by atoms with E-state index in [9.17, 15) is 4.79 Å². The third-order valence-electron chi connectivity index (χ3n) is 7.60. The predicted octanol–water partition coefficient (Wildman–Crippen LogP) is 6.64. The number of carbonyl (C=O) groups is 1. The molecule has 1 N–H and O–H groups in total. The number of fused-ring (bicyclic) bond motifs is 2. The molecule has 0 radical (unpaired) electrons. The maximum Gasteiger partial charge on any atom is 0.223 e. The number of aromatic amines is 1. The lowest BCUT2D eigenvalue weighted by molar-refractivity contribution is -0.142.